The van der Waals surface area contributed by atoms with Gasteiger partial charge in [-0.1, -0.05) is 148 Å². The molecule has 0 aliphatic heterocycles. The fourth-order valence-electron chi connectivity index (χ4n) is 11.7. The van der Waals surface area contributed by atoms with E-state index in [4.69, 9.17) is 29.5 Å². The quantitative estimate of drug-likeness (QED) is 0.0305. The number of aromatic nitrogens is 2. The van der Waals surface area contributed by atoms with Crippen molar-refractivity contribution >= 4 is 35.6 Å². The van der Waals surface area contributed by atoms with Gasteiger partial charge in [-0.3, -0.25) is 38.7 Å². The lowest BCUT2D eigenvalue weighted by molar-refractivity contribution is -0.138. The normalized spacial score (nSPS) is 11.6. The molecule has 3 atom stereocenters. The zero-order valence-electron chi connectivity index (χ0n) is 61.7. The lowest BCUT2D eigenvalue weighted by Gasteiger charge is -2.29. The van der Waals surface area contributed by atoms with E-state index < -0.39 is 17.9 Å². The molecule has 17 heteroatoms. The molecule has 9 rings (SSSR count). The Balaban J connectivity index is 0.000000220. The molecule has 9 aromatic rings. The van der Waals surface area contributed by atoms with E-state index in [-0.39, 0.29) is 55.1 Å². The van der Waals surface area contributed by atoms with Crippen LogP contribution in [0.5, 0.6) is 17.2 Å². The van der Waals surface area contributed by atoms with Gasteiger partial charge in [0, 0.05) is 115 Å². The summed E-state index contributed by atoms with van der Waals surface area (Å²) in [7, 11) is 0. The predicted octanol–water partition coefficient (Wildman–Crippen LogP) is 19.2. The number of carboxylic acid groups (broad SMARTS) is 3. The summed E-state index contributed by atoms with van der Waals surface area (Å²) in [5.74, 6) is -0.0198. The Morgan fingerprint density at radius 2 is 0.619 bits per heavy atom. The summed E-state index contributed by atoms with van der Waals surface area (Å²) in [5, 5.41) is 26.3. The van der Waals surface area contributed by atoms with Gasteiger partial charge in [0.1, 0.15) is 17.2 Å². The molecule has 0 spiro atoms. The number of amides is 3. The number of para-hydroxylation sites is 3. The van der Waals surface area contributed by atoms with Crippen molar-refractivity contribution in [1.29, 1.82) is 0 Å². The predicted molar refractivity (Wildman–Crippen MR) is 414 cm³/mol. The topological polar surface area (TPSA) is 226 Å². The molecule has 552 valence electrons. The molecule has 3 amide bonds. The van der Waals surface area contributed by atoms with Crippen molar-refractivity contribution < 1.29 is 58.3 Å². The number of hydrogen-bond donors (Lipinski definition) is 3. The third-order valence-corrected chi connectivity index (χ3v) is 18.5. The monoisotopic (exact) mass is 1420 g/mol. The molecule has 3 unspecified atom stereocenters. The van der Waals surface area contributed by atoms with Gasteiger partial charge in [0.05, 0.1) is 19.8 Å². The molecular weight excluding hydrogens is 1320 g/mol. The fraction of sp³-hybridized carbons (Fsp3) is 0.341. The molecule has 3 N–H and O–H groups in total. The number of rotatable bonds is 39. The Bertz CT molecular complexity index is 3670. The minimum absolute atomic E-state index is 0.00225. The molecule has 2 aromatic heterocycles. The second kappa shape index (κ2) is 44.5. The summed E-state index contributed by atoms with van der Waals surface area (Å²) in [5.41, 5.74) is 11.2. The first-order valence-corrected chi connectivity index (χ1v) is 36.8. The standard InChI is InChI=1S/C30H35NO4.2C29H34N2O4/c1-3-23(2)31(30(34)26-19-17-25(18-20-26)24-12-6-4-7-13-24)22-27-14-9-10-15-28(27)35-21-11-5-8-16-29(32)33;1-3-22(2)31(29(34)24-16-14-23(15-17-24)25-11-9-18-30-20-25)21-26-10-6-7-12-27(26)35-19-8-4-5-13-28(32)33;1-3-22(2)31(29(34)25-14-12-23(13-15-25)24-16-18-30-19-17-24)21-26-9-6-7-10-27(26)35-20-8-4-5-11-28(32)33/h4,6-7,9-10,12-15,17-20,23H,3,5,8,11,16,21-22H2,1-2H3,(H,32,33);6-7,9-12,14-18,20,22H,3-5,8,13,19,21H2,1-2H3,(H,32,33);6-7,9-10,12-19,22H,3-5,8,11,20-21H2,1-2H3,(H,32,33). The molecular formula is C88H103N5O12. The fourth-order valence-corrected chi connectivity index (χ4v) is 11.7. The van der Waals surface area contributed by atoms with Crippen LogP contribution in [0, 0.1) is 0 Å². The molecule has 0 aliphatic rings. The second-order valence-corrected chi connectivity index (χ2v) is 26.1. The Morgan fingerprint density at radius 1 is 0.324 bits per heavy atom. The van der Waals surface area contributed by atoms with E-state index in [1.54, 1.807) is 18.6 Å². The number of nitrogens with zero attached hydrogens (tertiary/aromatic N) is 5. The molecule has 0 aliphatic carbocycles. The lowest BCUT2D eigenvalue weighted by Crippen LogP contribution is -2.37. The Labute approximate surface area is 619 Å². The highest BCUT2D eigenvalue weighted by molar-refractivity contribution is 5.96. The Kier molecular flexibility index (Phi) is 34.5. The van der Waals surface area contributed by atoms with E-state index in [9.17, 15) is 28.8 Å². The van der Waals surface area contributed by atoms with Gasteiger partial charge in [0.25, 0.3) is 17.7 Å². The molecule has 17 nitrogen and oxygen atoms in total. The first-order chi connectivity index (χ1) is 51.0. The zero-order chi connectivity index (χ0) is 75.1. The van der Waals surface area contributed by atoms with Crippen LogP contribution in [0.25, 0.3) is 33.4 Å². The van der Waals surface area contributed by atoms with Crippen LogP contribution in [-0.2, 0) is 34.0 Å². The van der Waals surface area contributed by atoms with Crippen molar-refractivity contribution in [2.45, 2.75) is 176 Å². The van der Waals surface area contributed by atoms with Crippen molar-refractivity contribution in [3.05, 3.63) is 258 Å². The summed E-state index contributed by atoms with van der Waals surface area (Å²) in [4.78, 5) is 86.5. The van der Waals surface area contributed by atoms with Crippen LogP contribution in [-0.4, -0.2) is 114 Å². The average Bonchev–Trinajstić information content (AvgIpc) is 0.834. The summed E-state index contributed by atoms with van der Waals surface area (Å²) in [6, 6.07) is 64.7. The van der Waals surface area contributed by atoms with E-state index in [1.807, 2.05) is 209 Å². The third kappa shape index (κ3) is 27.0. The van der Waals surface area contributed by atoms with E-state index in [1.165, 1.54) is 0 Å². The van der Waals surface area contributed by atoms with Crippen LogP contribution in [0.2, 0.25) is 0 Å². The number of pyridine rings is 2. The van der Waals surface area contributed by atoms with Gasteiger partial charge in [-0.2, -0.15) is 0 Å². The lowest BCUT2D eigenvalue weighted by atomic mass is 10.0. The van der Waals surface area contributed by atoms with Crippen LogP contribution in [0.4, 0.5) is 0 Å². The van der Waals surface area contributed by atoms with Crippen LogP contribution in [0.1, 0.15) is 186 Å². The minimum atomic E-state index is -0.766. The maximum Gasteiger partial charge on any atom is 0.303 e. The molecule has 0 radical (unpaired) electrons. The van der Waals surface area contributed by atoms with E-state index in [2.05, 4.69) is 63.6 Å². The number of hydrogen-bond acceptors (Lipinski definition) is 11. The molecule has 0 bridgehead atoms. The smallest absolute Gasteiger partial charge is 0.303 e. The summed E-state index contributed by atoms with van der Waals surface area (Å²) < 4.78 is 18.1. The van der Waals surface area contributed by atoms with Gasteiger partial charge in [-0.05, 0) is 204 Å². The average molecular weight is 1420 g/mol. The number of carbonyl (C=O) groups is 6. The SMILES string of the molecule is CCC(C)N(Cc1ccccc1OCCCCCC(=O)O)C(=O)c1ccc(-c2ccccc2)cc1.CCC(C)N(Cc1ccccc1OCCCCCC(=O)O)C(=O)c1ccc(-c2cccnc2)cc1.CCC(C)N(Cc1ccccc1OCCCCCC(=O)O)C(=O)c1ccc(-c2ccncc2)cc1. The van der Waals surface area contributed by atoms with Gasteiger partial charge in [-0.25, -0.2) is 0 Å². The first kappa shape index (κ1) is 81.4. The van der Waals surface area contributed by atoms with Crippen LogP contribution < -0.4 is 14.2 Å². The van der Waals surface area contributed by atoms with Crippen molar-refractivity contribution in [3.8, 4) is 50.6 Å². The largest absolute Gasteiger partial charge is 0.493 e. The second-order valence-electron chi connectivity index (χ2n) is 26.1. The number of carboxylic acids is 3. The van der Waals surface area contributed by atoms with Gasteiger partial charge >= 0.3 is 17.9 Å². The van der Waals surface area contributed by atoms with E-state index >= 15 is 0 Å². The molecule has 2 heterocycles. The minimum Gasteiger partial charge on any atom is -0.493 e. The van der Waals surface area contributed by atoms with Gasteiger partial charge in [0.15, 0.2) is 0 Å². The van der Waals surface area contributed by atoms with Gasteiger partial charge in [-0.15, -0.1) is 0 Å². The number of ether oxygens (including phenoxy) is 3. The van der Waals surface area contributed by atoms with E-state index in [0.717, 1.165) is 125 Å². The highest BCUT2D eigenvalue weighted by Gasteiger charge is 2.26. The number of benzene rings is 7. The summed E-state index contributed by atoms with van der Waals surface area (Å²) in [6.45, 7) is 15.4. The van der Waals surface area contributed by atoms with Crippen molar-refractivity contribution in [1.82, 2.24) is 24.7 Å². The summed E-state index contributed by atoms with van der Waals surface area (Å²) in [6.07, 6.45) is 16.9. The van der Waals surface area contributed by atoms with Gasteiger partial charge < -0.3 is 44.2 Å². The molecule has 7 aromatic carbocycles. The molecule has 0 saturated carbocycles. The number of carbonyl (C=O) groups excluding carboxylic acids is 3. The van der Waals surface area contributed by atoms with Gasteiger partial charge in [0.2, 0.25) is 0 Å². The maximum atomic E-state index is 13.5. The molecule has 105 heavy (non-hydrogen) atoms. The summed E-state index contributed by atoms with van der Waals surface area (Å²) >= 11 is 0. The maximum absolute atomic E-state index is 13.5. The molecule has 0 fully saturated rings. The number of unbranched alkanes of at least 4 members (excludes halogenated alkanes) is 6. The van der Waals surface area contributed by atoms with Crippen LogP contribution in [0.15, 0.2) is 225 Å². The van der Waals surface area contributed by atoms with Crippen LogP contribution >= 0.6 is 0 Å². The van der Waals surface area contributed by atoms with E-state index in [0.29, 0.717) is 75.4 Å². The van der Waals surface area contributed by atoms with Crippen molar-refractivity contribution in [3.63, 3.8) is 0 Å². The Hall–Kier alpha value is -10.9. The highest BCUT2D eigenvalue weighted by atomic mass is 16.5. The highest BCUT2D eigenvalue weighted by Crippen LogP contribution is 2.30. The Morgan fingerprint density at radius 3 is 0.933 bits per heavy atom. The third-order valence-electron chi connectivity index (χ3n) is 18.5. The van der Waals surface area contributed by atoms with Crippen molar-refractivity contribution in [2.75, 3.05) is 19.8 Å². The van der Waals surface area contributed by atoms with Crippen LogP contribution in [0.3, 0.4) is 0 Å². The zero-order valence-corrected chi connectivity index (χ0v) is 61.7. The first-order valence-electron chi connectivity index (χ1n) is 36.8. The van der Waals surface area contributed by atoms with Crippen molar-refractivity contribution in [2.24, 2.45) is 0 Å². The molecule has 0 saturated heterocycles. The number of aliphatic carboxylic acids is 3.